The van der Waals surface area contributed by atoms with Crippen LogP contribution in [0.4, 0.5) is 10.5 Å². The van der Waals surface area contributed by atoms with Gasteiger partial charge in [-0.25, -0.2) is 4.79 Å². The van der Waals surface area contributed by atoms with Crippen LogP contribution in [-0.4, -0.2) is 35.6 Å². The van der Waals surface area contributed by atoms with Crippen molar-refractivity contribution >= 4 is 29.4 Å². The molecule has 238 valence electrons. The van der Waals surface area contributed by atoms with Crippen molar-refractivity contribution in [3.05, 3.63) is 132 Å². The monoisotopic (exact) mass is 638 g/mol. The van der Waals surface area contributed by atoms with Crippen molar-refractivity contribution in [2.75, 3.05) is 17.7 Å². The fourth-order valence-electron chi connectivity index (χ4n) is 5.14. The van der Waals surface area contributed by atoms with Crippen LogP contribution in [0.2, 0.25) is 0 Å². The van der Waals surface area contributed by atoms with Gasteiger partial charge in [0.25, 0.3) is 0 Å². The molecule has 0 bridgehead atoms. The van der Waals surface area contributed by atoms with Crippen molar-refractivity contribution in [1.29, 1.82) is 0 Å². The minimum atomic E-state index is -0.589. The molecule has 3 N–H and O–H groups in total. The third kappa shape index (κ3) is 9.31. The molecule has 0 spiro atoms. The molecule has 1 saturated heterocycles. The van der Waals surface area contributed by atoms with E-state index in [4.69, 9.17) is 14.2 Å². The van der Waals surface area contributed by atoms with Crippen LogP contribution in [0.5, 0.6) is 0 Å². The molecule has 2 amide bonds. The SMILES string of the molecule is C=CCOC(=O)NCc1cccc(-c2cccc([C@@H]3O[C@H](CSc4ccc(NC(C)=O)cc4)C[C@H](c4ccc(CO)cc4)O3)c2)c1. The second kappa shape index (κ2) is 16.2. The maximum atomic E-state index is 11.9. The number of rotatable bonds is 12. The lowest BCUT2D eigenvalue weighted by Gasteiger charge is -2.36. The molecule has 0 saturated carbocycles. The van der Waals surface area contributed by atoms with Gasteiger partial charge in [-0.3, -0.25) is 4.79 Å². The van der Waals surface area contributed by atoms with Crippen LogP contribution in [0.1, 0.15) is 48.0 Å². The molecule has 4 aromatic carbocycles. The smallest absolute Gasteiger partial charge is 0.407 e. The van der Waals surface area contributed by atoms with Crippen molar-refractivity contribution in [2.24, 2.45) is 0 Å². The highest BCUT2D eigenvalue weighted by Gasteiger charge is 2.32. The van der Waals surface area contributed by atoms with Gasteiger partial charge in [-0.05, 0) is 64.2 Å². The fraction of sp³-hybridized carbons (Fsp3) is 0.243. The maximum absolute atomic E-state index is 11.9. The highest BCUT2D eigenvalue weighted by Crippen LogP contribution is 2.40. The van der Waals surface area contributed by atoms with E-state index in [1.807, 2.05) is 91.0 Å². The van der Waals surface area contributed by atoms with Gasteiger partial charge in [0.15, 0.2) is 6.29 Å². The van der Waals surface area contributed by atoms with Gasteiger partial charge in [0.1, 0.15) is 6.61 Å². The van der Waals surface area contributed by atoms with Crippen molar-refractivity contribution in [2.45, 2.75) is 49.9 Å². The Kier molecular flexibility index (Phi) is 11.6. The molecular formula is C37H38N2O6S. The van der Waals surface area contributed by atoms with Crippen molar-refractivity contribution in [1.82, 2.24) is 5.32 Å². The zero-order valence-electron chi connectivity index (χ0n) is 25.7. The highest BCUT2D eigenvalue weighted by atomic mass is 32.2. The van der Waals surface area contributed by atoms with Gasteiger partial charge in [-0.1, -0.05) is 73.3 Å². The van der Waals surface area contributed by atoms with E-state index in [2.05, 4.69) is 23.3 Å². The van der Waals surface area contributed by atoms with E-state index in [1.54, 1.807) is 11.8 Å². The highest BCUT2D eigenvalue weighted by molar-refractivity contribution is 7.99. The fourth-order valence-corrected chi connectivity index (χ4v) is 6.06. The predicted molar refractivity (Wildman–Crippen MR) is 180 cm³/mol. The van der Waals surface area contributed by atoms with Gasteiger partial charge < -0.3 is 30.0 Å². The molecule has 0 aromatic heterocycles. The second-order valence-corrected chi connectivity index (χ2v) is 12.0. The van der Waals surface area contributed by atoms with E-state index in [1.165, 1.54) is 13.0 Å². The third-order valence-corrected chi connectivity index (χ3v) is 8.56. The molecule has 9 heteroatoms. The molecule has 0 unspecified atom stereocenters. The molecule has 46 heavy (non-hydrogen) atoms. The normalized spacial score (nSPS) is 17.6. The average Bonchev–Trinajstić information content (AvgIpc) is 3.09. The minimum Gasteiger partial charge on any atom is -0.445 e. The predicted octanol–water partition coefficient (Wildman–Crippen LogP) is 7.55. The van der Waals surface area contributed by atoms with Crippen LogP contribution in [0, 0.1) is 0 Å². The molecule has 0 radical (unpaired) electrons. The largest absolute Gasteiger partial charge is 0.445 e. The number of thioether (sulfide) groups is 1. The Bertz CT molecular complexity index is 1630. The van der Waals surface area contributed by atoms with Gasteiger partial charge in [0.2, 0.25) is 5.91 Å². The van der Waals surface area contributed by atoms with Crippen molar-refractivity contribution in [3.8, 4) is 11.1 Å². The molecule has 4 aromatic rings. The summed E-state index contributed by atoms with van der Waals surface area (Å²) in [5.74, 6) is 0.615. The summed E-state index contributed by atoms with van der Waals surface area (Å²) in [7, 11) is 0. The lowest BCUT2D eigenvalue weighted by atomic mass is 9.99. The van der Waals surface area contributed by atoms with Crippen molar-refractivity contribution < 1.29 is 28.9 Å². The van der Waals surface area contributed by atoms with Crippen LogP contribution in [0.3, 0.4) is 0 Å². The summed E-state index contributed by atoms with van der Waals surface area (Å²) >= 11 is 1.70. The summed E-state index contributed by atoms with van der Waals surface area (Å²) in [5.41, 5.74) is 6.49. The first-order valence-electron chi connectivity index (χ1n) is 15.1. The number of anilines is 1. The lowest BCUT2D eigenvalue weighted by molar-refractivity contribution is -0.245. The Balaban J connectivity index is 1.32. The van der Waals surface area contributed by atoms with Gasteiger partial charge >= 0.3 is 6.09 Å². The molecule has 3 atom stereocenters. The Hall–Kier alpha value is -4.41. The summed E-state index contributed by atoms with van der Waals surface area (Å²) in [6.07, 6.45) is 0.828. The maximum Gasteiger partial charge on any atom is 0.407 e. The van der Waals surface area contributed by atoms with E-state index in [0.29, 0.717) is 18.7 Å². The van der Waals surface area contributed by atoms with E-state index >= 15 is 0 Å². The Labute approximate surface area is 273 Å². The first-order valence-corrected chi connectivity index (χ1v) is 16.1. The number of hydrogen-bond acceptors (Lipinski definition) is 7. The van der Waals surface area contributed by atoms with E-state index < -0.39 is 12.4 Å². The molecule has 1 fully saturated rings. The Morgan fingerprint density at radius 2 is 1.67 bits per heavy atom. The van der Waals surface area contributed by atoms with Crippen LogP contribution < -0.4 is 10.6 Å². The number of carbonyl (C=O) groups excluding carboxylic acids is 2. The van der Waals surface area contributed by atoms with Gasteiger partial charge in [-0.2, -0.15) is 0 Å². The number of alkyl carbamates (subject to hydrolysis) is 1. The van der Waals surface area contributed by atoms with E-state index in [9.17, 15) is 14.7 Å². The Morgan fingerprint density at radius 1 is 0.935 bits per heavy atom. The number of aliphatic hydroxyl groups is 1. The summed E-state index contributed by atoms with van der Waals surface area (Å²) in [4.78, 5) is 24.3. The number of carbonyl (C=O) groups is 2. The molecule has 1 heterocycles. The first-order chi connectivity index (χ1) is 22.4. The summed E-state index contributed by atoms with van der Waals surface area (Å²) in [6, 6.07) is 31.8. The zero-order valence-corrected chi connectivity index (χ0v) is 26.5. The van der Waals surface area contributed by atoms with E-state index in [0.717, 1.165) is 44.0 Å². The number of hydrogen-bond donors (Lipinski definition) is 3. The molecule has 0 aliphatic carbocycles. The van der Waals surface area contributed by atoms with Gasteiger partial charge in [-0.15, -0.1) is 11.8 Å². The van der Waals surface area contributed by atoms with Gasteiger partial charge in [0.05, 0.1) is 18.8 Å². The van der Waals surface area contributed by atoms with Crippen molar-refractivity contribution in [3.63, 3.8) is 0 Å². The Morgan fingerprint density at radius 3 is 2.39 bits per heavy atom. The quantitative estimate of drug-likeness (QED) is 0.109. The summed E-state index contributed by atoms with van der Waals surface area (Å²) in [5, 5.41) is 15.1. The lowest BCUT2D eigenvalue weighted by Crippen LogP contribution is -2.31. The average molecular weight is 639 g/mol. The van der Waals surface area contributed by atoms with Gasteiger partial charge in [0, 0.05) is 41.8 Å². The number of amides is 2. The topological polar surface area (TPSA) is 106 Å². The second-order valence-electron chi connectivity index (χ2n) is 10.9. The van der Waals surface area contributed by atoms with Crippen LogP contribution >= 0.6 is 11.8 Å². The number of aliphatic hydroxyl groups excluding tert-OH is 1. The molecule has 1 aliphatic heterocycles. The van der Waals surface area contributed by atoms with E-state index in [-0.39, 0.29) is 31.3 Å². The van der Waals surface area contributed by atoms with Crippen LogP contribution in [0.15, 0.2) is 115 Å². The summed E-state index contributed by atoms with van der Waals surface area (Å²) in [6.45, 7) is 5.53. The molecule has 8 nitrogen and oxygen atoms in total. The zero-order chi connectivity index (χ0) is 32.3. The molecule has 5 rings (SSSR count). The number of benzene rings is 4. The third-order valence-electron chi connectivity index (χ3n) is 7.41. The molecular weight excluding hydrogens is 600 g/mol. The first kappa shape index (κ1) is 33.0. The molecule has 1 aliphatic rings. The van der Waals surface area contributed by atoms with Crippen LogP contribution in [-0.2, 0) is 32.2 Å². The minimum absolute atomic E-state index is 0.0129. The standard InChI is InChI=1S/C37H38N2O6S/c1-3-18-43-37(42)38-22-27-6-4-7-29(19-27)30-8-5-9-31(20-30)36-44-33(21-35(45-36)28-12-10-26(23-40)11-13-28)24-46-34-16-14-32(15-17-34)39-25(2)41/h3-17,19-20,33,35-36,40H,1,18,21-24H2,2H3,(H,38,42)(H,39,41)/t33-,35+,36+/m0/s1. The number of nitrogens with one attached hydrogen (secondary N) is 2. The van der Waals surface area contributed by atoms with Crippen LogP contribution in [0.25, 0.3) is 11.1 Å². The number of ether oxygens (including phenoxy) is 3. The summed E-state index contributed by atoms with van der Waals surface area (Å²) < 4.78 is 18.2.